The van der Waals surface area contributed by atoms with Gasteiger partial charge in [-0.3, -0.25) is 4.98 Å². The van der Waals surface area contributed by atoms with Crippen LogP contribution in [0.4, 0.5) is 0 Å². The van der Waals surface area contributed by atoms with Gasteiger partial charge in [0.05, 0.1) is 21.4 Å². The van der Waals surface area contributed by atoms with Crippen LogP contribution < -0.4 is 5.46 Å². The Morgan fingerprint density at radius 2 is 1.63 bits per heavy atom. The maximum Gasteiger partial charge on any atom is 0.330 e. The third-order valence-electron chi connectivity index (χ3n) is 6.14. The van der Waals surface area contributed by atoms with E-state index in [1.165, 1.54) is 31.1 Å². The minimum Gasteiger partial charge on any atom is -0.427 e. The summed E-state index contributed by atoms with van der Waals surface area (Å²) in [7, 11) is 1.74. The SMILES string of the molecule is CC(C)(C)c1cnc2c(c1)sc1c3ccc([B]OC(C)(C)C(C)(C)O)cc3ccc21. The van der Waals surface area contributed by atoms with Crippen LogP contribution in [0.2, 0.25) is 0 Å². The van der Waals surface area contributed by atoms with Crippen LogP contribution in [0.25, 0.3) is 31.1 Å². The van der Waals surface area contributed by atoms with E-state index in [4.69, 9.17) is 9.64 Å². The lowest BCUT2D eigenvalue weighted by molar-refractivity contribution is -0.0893. The number of rotatable bonds is 4. The fourth-order valence-electron chi connectivity index (χ4n) is 3.29. The van der Waals surface area contributed by atoms with E-state index in [1.807, 2.05) is 31.4 Å². The quantitative estimate of drug-likeness (QED) is 0.432. The number of hydrogen-bond donors (Lipinski definition) is 1. The average Bonchev–Trinajstić information content (AvgIpc) is 3.02. The van der Waals surface area contributed by atoms with Gasteiger partial charge in [0, 0.05) is 16.3 Å². The Kier molecular flexibility index (Phi) is 5.00. The van der Waals surface area contributed by atoms with Gasteiger partial charge in [-0.05, 0) is 55.5 Å². The molecule has 0 aliphatic rings. The van der Waals surface area contributed by atoms with Crippen LogP contribution in [0.3, 0.4) is 0 Å². The summed E-state index contributed by atoms with van der Waals surface area (Å²) in [5, 5.41) is 13.9. The molecule has 0 fully saturated rings. The molecule has 0 bridgehead atoms. The molecule has 155 valence electrons. The number of aliphatic hydroxyl groups is 1. The lowest BCUT2D eigenvalue weighted by atomic mass is 9.82. The first-order valence-electron chi connectivity index (χ1n) is 10.4. The van der Waals surface area contributed by atoms with E-state index in [1.54, 1.807) is 21.3 Å². The summed E-state index contributed by atoms with van der Waals surface area (Å²) in [4.78, 5) is 4.80. The molecule has 4 aromatic rings. The minimum atomic E-state index is -0.942. The van der Waals surface area contributed by atoms with E-state index in [-0.39, 0.29) is 5.41 Å². The summed E-state index contributed by atoms with van der Waals surface area (Å²) < 4.78 is 8.43. The van der Waals surface area contributed by atoms with Crippen molar-refractivity contribution >= 4 is 55.4 Å². The normalized spacial score (nSPS) is 13.5. The molecule has 0 saturated heterocycles. The second kappa shape index (κ2) is 7.05. The van der Waals surface area contributed by atoms with Gasteiger partial charge in [0.25, 0.3) is 0 Å². The van der Waals surface area contributed by atoms with Gasteiger partial charge in [0.2, 0.25) is 0 Å². The Balaban J connectivity index is 1.73. The molecule has 4 rings (SSSR count). The molecule has 2 heterocycles. The minimum absolute atomic E-state index is 0.0844. The van der Waals surface area contributed by atoms with E-state index < -0.39 is 11.2 Å². The second-order valence-corrected chi connectivity index (χ2v) is 11.2. The third kappa shape index (κ3) is 3.75. The molecule has 0 aliphatic carbocycles. The first-order valence-corrected chi connectivity index (χ1v) is 11.2. The lowest BCUT2D eigenvalue weighted by Crippen LogP contribution is -2.49. The lowest BCUT2D eigenvalue weighted by Gasteiger charge is -2.37. The number of benzene rings is 2. The van der Waals surface area contributed by atoms with Crippen LogP contribution in [0.1, 0.15) is 54.0 Å². The monoisotopic (exact) mass is 418 g/mol. The Morgan fingerprint density at radius 3 is 2.30 bits per heavy atom. The van der Waals surface area contributed by atoms with E-state index in [0.717, 1.165) is 11.0 Å². The summed E-state index contributed by atoms with van der Waals surface area (Å²) in [6, 6.07) is 13.0. The highest BCUT2D eigenvalue weighted by Gasteiger charge is 2.35. The Labute approximate surface area is 183 Å². The van der Waals surface area contributed by atoms with Gasteiger partial charge in [-0.25, -0.2) is 0 Å². The number of nitrogens with zero attached hydrogens (tertiary/aromatic N) is 1. The highest BCUT2D eigenvalue weighted by Crippen LogP contribution is 2.38. The summed E-state index contributed by atoms with van der Waals surface area (Å²) in [5.74, 6) is 0. The third-order valence-corrected chi connectivity index (χ3v) is 7.32. The van der Waals surface area contributed by atoms with Gasteiger partial charge in [-0.15, -0.1) is 11.3 Å². The molecule has 0 unspecified atom stereocenters. The van der Waals surface area contributed by atoms with Gasteiger partial charge in [0.15, 0.2) is 0 Å². The topological polar surface area (TPSA) is 42.4 Å². The van der Waals surface area contributed by atoms with Crippen LogP contribution in [0, 0.1) is 0 Å². The Hall–Kier alpha value is -1.95. The molecule has 1 N–H and O–H groups in total. The largest absolute Gasteiger partial charge is 0.427 e. The van der Waals surface area contributed by atoms with Crippen molar-refractivity contribution in [2.75, 3.05) is 0 Å². The van der Waals surface area contributed by atoms with E-state index >= 15 is 0 Å². The molecule has 2 aromatic carbocycles. The maximum absolute atomic E-state index is 10.3. The first kappa shape index (κ1) is 21.3. The van der Waals surface area contributed by atoms with Gasteiger partial charge >= 0.3 is 7.48 Å². The standard InChI is InChI=1S/C25H29BNO2S/c1-23(2,3)16-13-20-21(27-14-16)19-10-8-15-12-17(9-11-18(15)22(19)30-20)26-29-25(6,7)24(4,5)28/h8-14,28H,1-7H3. The number of fused-ring (bicyclic) bond motifs is 5. The number of thiophene rings is 1. The average molecular weight is 418 g/mol. The molecule has 0 atom stereocenters. The molecule has 0 spiro atoms. The van der Waals surface area contributed by atoms with Crippen LogP contribution >= 0.6 is 11.3 Å². The summed E-state index contributed by atoms with van der Waals surface area (Å²) in [6.07, 6.45) is 2.01. The molecule has 1 radical (unpaired) electrons. The maximum atomic E-state index is 10.3. The van der Waals surface area contributed by atoms with Gasteiger partial charge in [-0.2, -0.15) is 0 Å². The van der Waals surface area contributed by atoms with E-state index in [2.05, 4.69) is 57.2 Å². The first-order chi connectivity index (χ1) is 13.9. The number of aromatic nitrogens is 1. The Bertz CT molecular complexity index is 1250. The summed E-state index contributed by atoms with van der Waals surface area (Å²) in [6.45, 7) is 14.0. The zero-order chi connectivity index (χ0) is 21.9. The molecule has 0 aliphatic heterocycles. The predicted octanol–water partition coefficient (Wildman–Crippen LogP) is 5.71. The van der Waals surface area contributed by atoms with Crippen molar-refractivity contribution in [3.63, 3.8) is 0 Å². The zero-order valence-corrected chi connectivity index (χ0v) is 19.6. The van der Waals surface area contributed by atoms with Crippen molar-refractivity contribution in [2.24, 2.45) is 0 Å². The van der Waals surface area contributed by atoms with Gasteiger partial charge < -0.3 is 9.76 Å². The number of hydrogen-bond acceptors (Lipinski definition) is 4. The van der Waals surface area contributed by atoms with E-state index in [9.17, 15) is 5.11 Å². The van der Waals surface area contributed by atoms with Crippen molar-refractivity contribution in [3.05, 3.63) is 48.2 Å². The molecule has 0 amide bonds. The predicted molar refractivity (Wildman–Crippen MR) is 130 cm³/mol. The Morgan fingerprint density at radius 1 is 0.933 bits per heavy atom. The van der Waals surface area contributed by atoms with Crippen molar-refractivity contribution < 1.29 is 9.76 Å². The molecule has 3 nitrogen and oxygen atoms in total. The highest BCUT2D eigenvalue weighted by molar-refractivity contribution is 7.26. The van der Waals surface area contributed by atoms with Crippen molar-refractivity contribution in [1.82, 2.24) is 4.98 Å². The summed E-state index contributed by atoms with van der Waals surface area (Å²) in [5.41, 5.74) is 1.77. The molecule has 0 saturated carbocycles. The van der Waals surface area contributed by atoms with Crippen LogP contribution in [0.5, 0.6) is 0 Å². The van der Waals surface area contributed by atoms with Crippen LogP contribution in [0.15, 0.2) is 42.6 Å². The van der Waals surface area contributed by atoms with Crippen molar-refractivity contribution in [3.8, 4) is 0 Å². The molecule has 30 heavy (non-hydrogen) atoms. The van der Waals surface area contributed by atoms with Gasteiger partial charge in [0.1, 0.15) is 0 Å². The molecular weight excluding hydrogens is 389 g/mol. The second-order valence-electron chi connectivity index (χ2n) is 10.2. The highest BCUT2D eigenvalue weighted by atomic mass is 32.1. The summed E-state index contributed by atoms with van der Waals surface area (Å²) >= 11 is 1.81. The van der Waals surface area contributed by atoms with Gasteiger partial charge in [-0.1, -0.05) is 56.6 Å². The fourth-order valence-corrected chi connectivity index (χ4v) is 4.53. The fraction of sp³-hybridized carbons (Fsp3) is 0.400. The van der Waals surface area contributed by atoms with Crippen LogP contribution in [-0.2, 0) is 10.1 Å². The zero-order valence-electron chi connectivity index (χ0n) is 18.8. The van der Waals surface area contributed by atoms with Crippen LogP contribution in [-0.4, -0.2) is 28.8 Å². The smallest absolute Gasteiger partial charge is 0.330 e. The molecule has 5 heteroatoms. The molecular formula is C25H29BNO2S. The number of pyridine rings is 1. The van der Waals surface area contributed by atoms with E-state index in [0.29, 0.717) is 0 Å². The van der Waals surface area contributed by atoms with Crippen molar-refractivity contribution in [1.29, 1.82) is 0 Å². The molecule has 2 aromatic heterocycles. The van der Waals surface area contributed by atoms with Crippen molar-refractivity contribution in [2.45, 2.75) is 65.1 Å².